The van der Waals surface area contributed by atoms with Crippen LogP contribution in [0.5, 0.6) is 5.75 Å². The number of rotatable bonds is 6. The first kappa shape index (κ1) is 19.9. The van der Waals surface area contributed by atoms with E-state index >= 15 is 0 Å². The highest BCUT2D eigenvalue weighted by Gasteiger charge is 2.25. The lowest BCUT2D eigenvalue weighted by molar-refractivity contribution is -0.129. The van der Waals surface area contributed by atoms with E-state index in [2.05, 4.69) is 16.0 Å². The van der Waals surface area contributed by atoms with Gasteiger partial charge in [-0.3, -0.25) is 4.79 Å². The van der Waals surface area contributed by atoms with Gasteiger partial charge in [0.15, 0.2) is 0 Å². The highest BCUT2D eigenvalue weighted by Crippen LogP contribution is 2.23. The maximum Gasteiger partial charge on any atom is 0.225 e. The molecule has 1 unspecified atom stereocenters. The summed E-state index contributed by atoms with van der Waals surface area (Å²) in [5.41, 5.74) is 2.69. The summed E-state index contributed by atoms with van der Waals surface area (Å²) in [6, 6.07) is 15.9. The molecule has 0 aliphatic rings. The lowest BCUT2D eigenvalue weighted by atomic mass is 9.95. The molecule has 5 nitrogen and oxygen atoms in total. The van der Waals surface area contributed by atoms with Crippen molar-refractivity contribution in [2.45, 2.75) is 47.2 Å². The third-order valence-electron chi connectivity index (χ3n) is 4.67. The SMILES string of the molecule is Cc1cccc(OCCn2c(C(C)NC(=O)C(C)(C)C)nc3ccccc32)c1. The van der Waals surface area contributed by atoms with E-state index in [-0.39, 0.29) is 11.9 Å². The molecule has 3 aromatic rings. The van der Waals surface area contributed by atoms with Crippen molar-refractivity contribution in [1.82, 2.24) is 14.9 Å². The molecule has 1 N–H and O–H groups in total. The standard InChI is InChI=1S/C23H29N3O2/c1-16-9-8-10-18(15-16)28-14-13-26-20-12-7-6-11-19(20)25-21(26)17(2)24-22(27)23(3,4)5/h6-12,15,17H,13-14H2,1-5H3,(H,24,27). The van der Waals surface area contributed by atoms with Crippen molar-refractivity contribution in [3.63, 3.8) is 0 Å². The Kier molecular flexibility index (Phi) is 5.73. The summed E-state index contributed by atoms with van der Waals surface area (Å²) in [5, 5.41) is 3.09. The van der Waals surface area contributed by atoms with Gasteiger partial charge in [-0.25, -0.2) is 4.98 Å². The van der Waals surface area contributed by atoms with Gasteiger partial charge >= 0.3 is 0 Å². The first-order valence-electron chi connectivity index (χ1n) is 9.71. The number of para-hydroxylation sites is 2. The van der Waals surface area contributed by atoms with E-state index in [1.165, 1.54) is 5.56 Å². The second-order valence-electron chi connectivity index (χ2n) is 8.22. The Bertz CT molecular complexity index is 969. The number of amides is 1. The summed E-state index contributed by atoms with van der Waals surface area (Å²) < 4.78 is 8.08. The average Bonchev–Trinajstić information content (AvgIpc) is 3.00. The molecule has 3 rings (SSSR count). The summed E-state index contributed by atoms with van der Waals surface area (Å²) in [6.45, 7) is 10.9. The Labute approximate surface area is 166 Å². The molecule has 1 atom stereocenters. The van der Waals surface area contributed by atoms with Crippen LogP contribution in [0.3, 0.4) is 0 Å². The van der Waals surface area contributed by atoms with Crippen LogP contribution in [0.25, 0.3) is 11.0 Å². The van der Waals surface area contributed by atoms with Gasteiger partial charge in [0.25, 0.3) is 0 Å². The van der Waals surface area contributed by atoms with Gasteiger partial charge < -0.3 is 14.6 Å². The summed E-state index contributed by atoms with van der Waals surface area (Å²) in [5.74, 6) is 1.71. The first-order chi connectivity index (χ1) is 13.3. The topological polar surface area (TPSA) is 56.1 Å². The number of carbonyl (C=O) groups excluding carboxylic acids is 1. The molecule has 1 heterocycles. The van der Waals surface area contributed by atoms with Crippen molar-refractivity contribution in [1.29, 1.82) is 0 Å². The molecule has 148 valence electrons. The van der Waals surface area contributed by atoms with E-state index < -0.39 is 5.41 Å². The van der Waals surface area contributed by atoms with Crippen molar-refractivity contribution in [2.24, 2.45) is 5.41 Å². The van der Waals surface area contributed by atoms with Crippen LogP contribution >= 0.6 is 0 Å². The number of carbonyl (C=O) groups is 1. The van der Waals surface area contributed by atoms with Crippen molar-refractivity contribution in [3.05, 3.63) is 59.9 Å². The second-order valence-corrected chi connectivity index (χ2v) is 8.22. The Balaban J connectivity index is 1.81. The van der Waals surface area contributed by atoms with Gasteiger partial charge in [0.05, 0.1) is 23.6 Å². The van der Waals surface area contributed by atoms with Crippen molar-refractivity contribution >= 4 is 16.9 Å². The fourth-order valence-electron chi connectivity index (χ4n) is 3.10. The molecule has 0 aliphatic heterocycles. The third-order valence-corrected chi connectivity index (χ3v) is 4.67. The number of hydrogen-bond donors (Lipinski definition) is 1. The quantitative estimate of drug-likeness (QED) is 0.678. The minimum Gasteiger partial charge on any atom is -0.492 e. The van der Waals surface area contributed by atoms with Crippen LogP contribution in [0, 0.1) is 12.3 Å². The molecule has 0 spiro atoms. The zero-order chi connectivity index (χ0) is 20.3. The smallest absolute Gasteiger partial charge is 0.225 e. The van der Waals surface area contributed by atoms with Gasteiger partial charge in [0.2, 0.25) is 5.91 Å². The van der Waals surface area contributed by atoms with Gasteiger partial charge in [-0.05, 0) is 43.7 Å². The monoisotopic (exact) mass is 379 g/mol. The number of nitrogens with zero attached hydrogens (tertiary/aromatic N) is 2. The van der Waals surface area contributed by atoms with Crippen LogP contribution in [0.4, 0.5) is 0 Å². The third kappa shape index (κ3) is 4.53. The zero-order valence-corrected chi connectivity index (χ0v) is 17.3. The molecule has 5 heteroatoms. The molecule has 28 heavy (non-hydrogen) atoms. The van der Waals surface area contributed by atoms with E-state index in [1.54, 1.807) is 0 Å². The van der Waals surface area contributed by atoms with E-state index in [0.29, 0.717) is 13.2 Å². The van der Waals surface area contributed by atoms with E-state index in [9.17, 15) is 4.79 Å². The Morgan fingerprint density at radius 1 is 1.18 bits per heavy atom. The molecule has 0 aliphatic carbocycles. The van der Waals surface area contributed by atoms with Gasteiger partial charge in [0, 0.05) is 5.41 Å². The van der Waals surface area contributed by atoms with Gasteiger partial charge in [-0.15, -0.1) is 0 Å². The number of benzene rings is 2. The lowest BCUT2D eigenvalue weighted by Gasteiger charge is -2.22. The minimum absolute atomic E-state index is 0.00890. The fraction of sp³-hybridized carbons (Fsp3) is 0.391. The summed E-state index contributed by atoms with van der Waals surface area (Å²) in [7, 11) is 0. The molecule has 0 saturated carbocycles. The van der Waals surface area contributed by atoms with Crippen LogP contribution in [0.2, 0.25) is 0 Å². The second kappa shape index (κ2) is 8.05. The zero-order valence-electron chi connectivity index (χ0n) is 17.3. The molecular formula is C23H29N3O2. The predicted molar refractivity (Wildman–Crippen MR) is 112 cm³/mol. The highest BCUT2D eigenvalue weighted by atomic mass is 16.5. The van der Waals surface area contributed by atoms with Gasteiger partial charge in [-0.1, -0.05) is 45.0 Å². The van der Waals surface area contributed by atoms with E-state index in [0.717, 1.165) is 22.6 Å². The number of fused-ring (bicyclic) bond motifs is 1. The maximum absolute atomic E-state index is 12.4. The molecule has 1 aromatic heterocycles. The number of imidazole rings is 1. The summed E-state index contributed by atoms with van der Waals surface area (Å²) in [6.07, 6.45) is 0. The van der Waals surface area contributed by atoms with Crippen LogP contribution in [0.1, 0.15) is 45.1 Å². The lowest BCUT2D eigenvalue weighted by Crippen LogP contribution is -2.37. The maximum atomic E-state index is 12.4. The fourth-order valence-corrected chi connectivity index (χ4v) is 3.10. The molecule has 0 fully saturated rings. The van der Waals surface area contributed by atoms with E-state index in [1.807, 2.05) is 77.1 Å². The van der Waals surface area contributed by atoms with Crippen LogP contribution < -0.4 is 10.1 Å². The summed E-state index contributed by atoms with van der Waals surface area (Å²) in [4.78, 5) is 17.2. The highest BCUT2D eigenvalue weighted by molar-refractivity contribution is 5.82. The van der Waals surface area contributed by atoms with Crippen LogP contribution in [-0.2, 0) is 11.3 Å². The van der Waals surface area contributed by atoms with Crippen molar-refractivity contribution in [2.75, 3.05) is 6.61 Å². The molecular weight excluding hydrogens is 350 g/mol. The number of nitrogens with one attached hydrogen (secondary N) is 1. The Morgan fingerprint density at radius 3 is 2.64 bits per heavy atom. The molecule has 0 radical (unpaired) electrons. The van der Waals surface area contributed by atoms with Crippen molar-refractivity contribution in [3.8, 4) is 5.75 Å². The first-order valence-corrected chi connectivity index (χ1v) is 9.71. The molecule has 2 aromatic carbocycles. The van der Waals surface area contributed by atoms with Crippen LogP contribution in [-0.4, -0.2) is 22.1 Å². The Hall–Kier alpha value is -2.82. The normalized spacial score (nSPS) is 12.8. The van der Waals surface area contributed by atoms with Crippen LogP contribution in [0.15, 0.2) is 48.5 Å². The summed E-state index contributed by atoms with van der Waals surface area (Å²) >= 11 is 0. The molecule has 0 saturated heterocycles. The number of hydrogen-bond acceptors (Lipinski definition) is 3. The minimum atomic E-state index is -0.445. The number of aromatic nitrogens is 2. The van der Waals surface area contributed by atoms with Crippen molar-refractivity contribution < 1.29 is 9.53 Å². The van der Waals surface area contributed by atoms with E-state index in [4.69, 9.17) is 9.72 Å². The van der Waals surface area contributed by atoms with Gasteiger partial charge in [0.1, 0.15) is 18.2 Å². The number of ether oxygens (including phenoxy) is 1. The molecule has 1 amide bonds. The predicted octanol–water partition coefficient (Wildman–Crippen LogP) is 4.65. The van der Waals surface area contributed by atoms with Gasteiger partial charge in [-0.2, -0.15) is 0 Å². The Morgan fingerprint density at radius 2 is 1.93 bits per heavy atom. The average molecular weight is 380 g/mol. The number of aryl methyl sites for hydroxylation is 1. The molecule has 0 bridgehead atoms. The largest absolute Gasteiger partial charge is 0.492 e.